The van der Waals surface area contributed by atoms with Crippen molar-refractivity contribution >= 4 is 11.9 Å². The summed E-state index contributed by atoms with van der Waals surface area (Å²) in [5, 5.41) is 6.15. The molecule has 0 saturated heterocycles. The van der Waals surface area contributed by atoms with Gasteiger partial charge in [-0.15, -0.1) is 0 Å². The van der Waals surface area contributed by atoms with E-state index in [1.807, 2.05) is 12.1 Å². The van der Waals surface area contributed by atoms with E-state index in [9.17, 15) is 4.79 Å². The molecule has 0 unspecified atom stereocenters. The topological polar surface area (TPSA) is 66.9 Å². The fraction of sp³-hybridized carbons (Fsp3) is 0.381. The van der Waals surface area contributed by atoms with Gasteiger partial charge in [0.15, 0.2) is 0 Å². The fourth-order valence-electron chi connectivity index (χ4n) is 3.11. The van der Waals surface area contributed by atoms with Crippen LogP contribution < -0.4 is 10.6 Å². The van der Waals surface area contributed by atoms with Crippen molar-refractivity contribution in [3.8, 4) is 0 Å². The number of aromatic nitrogens is 2. The number of carbonyl (C=O) groups is 1. The molecule has 26 heavy (non-hydrogen) atoms. The molecular weight excluding hydrogens is 324 g/mol. The molecule has 1 aromatic carbocycles. The van der Waals surface area contributed by atoms with E-state index in [0.717, 1.165) is 12.8 Å². The van der Waals surface area contributed by atoms with Gasteiger partial charge in [-0.2, -0.15) is 0 Å². The molecule has 2 N–H and O–H groups in total. The highest BCUT2D eigenvalue weighted by molar-refractivity contribution is 5.92. The van der Waals surface area contributed by atoms with Crippen LogP contribution in [0.15, 0.2) is 48.2 Å². The van der Waals surface area contributed by atoms with Crippen LogP contribution in [0.3, 0.4) is 0 Å². The Labute approximate surface area is 155 Å². The monoisotopic (exact) mass is 350 g/mol. The Morgan fingerprint density at radius 1 is 1.19 bits per heavy atom. The average molecular weight is 350 g/mol. The van der Waals surface area contributed by atoms with Crippen molar-refractivity contribution in [2.24, 2.45) is 0 Å². The molecular formula is C21H26N4O. The molecule has 0 aliphatic heterocycles. The van der Waals surface area contributed by atoms with Crippen molar-refractivity contribution in [3.05, 3.63) is 65.0 Å². The molecule has 136 valence electrons. The largest absolute Gasteiger partial charge is 0.350 e. The van der Waals surface area contributed by atoms with Gasteiger partial charge in [0.1, 0.15) is 5.69 Å². The van der Waals surface area contributed by atoms with Crippen LogP contribution in [-0.2, 0) is 6.54 Å². The van der Waals surface area contributed by atoms with Crippen LogP contribution in [0.2, 0.25) is 0 Å². The van der Waals surface area contributed by atoms with Crippen molar-refractivity contribution in [3.63, 3.8) is 0 Å². The summed E-state index contributed by atoms with van der Waals surface area (Å²) >= 11 is 0. The van der Waals surface area contributed by atoms with Gasteiger partial charge in [0, 0.05) is 19.3 Å². The van der Waals surface area contributed by atoms with Gasteiger partial charge in [-0.1, -0.05) is 35.9 Å². The zero-order valence-corrected chi connectivity index (χ0v) is 15.3. The van der Waals surface area contributed by atoms with E-state index in [2.05, 4.69) is 45.7 Å². The summed E-state index contributed by atoms with van der Waals surface area (Å²) in [5.74, 6) is 0.318. The van der Waals surface area contributed by atoms with Crippen molar-refractivity contribution < 1.29 is 4.79 Å². The quantitative estimate of drug-likeness (QED) is 0.740. The number of hydrogen-bond donors (Lipinski definition) is 2. The molecule has 0 atom stereocenters. The first-order valence-corrected chi connectivity index (χ1v) is 9.30. The van der Waals surface area contributed by atoms with Crippen LogP contribution in [0.25, 0.3) is 0 Å². The Hall–Kier alpha value is -2.69. The Balaban J connectivity index is 1.52. The van der Waals surface area contributed by atoms with E-state index in [1.165, 1.54) is 36.0 Å². The molecule has 5 heteroatoms. The van der Waals surface area contributed by atoms with Gasteiger partial charge >= 0.3 is 0 Å². The summed E-state index contributed by atoms with van der Waals surface area (Å²) < 4.78 is 0. The number of nitrogens with one attached hydrogen (secondary N) is 2. The lowest BCUT2D eigenvalue weighted by Crippen LogP contribution is -2.26. The van der Waals surface area contributed by atoms with Gasteiger partial charge in [-0.25, -0.2) is 9.97 Å². The second-order valence-corrected chi connectivity index (χ2v) is 6.66. The van der Waals surface area contributed by atoms with E-state index in [1.54, 1.807) is 12.3 Å². The molecule has 1 heterocycles. The number of anilines is 1. The molecule has 0 saturated carbocycles. The average Bonchev–Trinajstić information content (AvgIpc) is 2.68. The first kappa shape index (κ1) is 18.1. The molecule has 3 rings (SSSR count). The maximum absolute atomic E-state index is 12.3. The van der Waals surface area contributed by atoms with Gasteiger partial charge in [-0.3, -0.25) is 4.79 Å². The smallest absolute Gasteiger partial charge is 0.270 e. The summed E-state index contributed by atoms with van der Waals surface area (Å²) in [7, 11) is 0. The SMILES string of the molecule is Cc1ccccc1CNc1nccc(C(=O)NCCC2=CCCCC2)n1. The Morgan fingerprint density at radius 2 is 2.08 bits per heavy atom. The van der Waals surface area contributed by atoms with Crippen molar-refractivity contribution in [2.45, 2.75) is 45.6 Å². The Bertz CT molecular complexity index is 785. The number of nitrogens with zero attached hydrogens (tertiary/aromatic N) is 2. The van der Waals surface area contributed by atoms with Crippen LogP contribution in [0.4, 0.5) is 5.95 Å². The lowest BCUT2D eigenvalue weighted by Gasteiger charge is -2.13. The minimum atomic E-state index is -0.150. The Kier molecular flexibility index (Phi) is 6.36. The van der Waals surface area contributed by atoms with Gasteiger partial charge < -0.3 is 10.6 Å². The summed E-state index contributed by atoms with van der Waals surface area (Å²) in [6.45, 7) is 3.36. The third-order valence-corrected chi connectivity index (χ3v) is 4.70. The van der Waals surface area contributed by atoms with Crippen molar-refractivity contribution in [2.75, 3.05) is 11.9 Å². The van der Waals surface area contributed by atoms with Gasteiger partial charge in [0.2, 0.25) is 5.95 Å². The number of benzene rings is 1. The number of rotatable bonds is 7. The van der Waals surface area contributed by atoms with E-state index in [4.69, 9.17) is 0 Å². The molecule has 0 radical (unpaired) electrons. The summed E-state index contributed by atoms with van der Waals surface area (Å²) in [6, 6.07) is 9.82. The molecule has 5 nitrogen and oxygen atoms in total. The molecule has 0 bridgehead atoms. The van der Waals surface area contributed by atoms with E-state index in [0.29, 0.717) is 24.7 Å². The Morgan fingerprint density at radius 3 is 2.88 bits per heavy atom. The molecule has 1 aliphatic rings. The number of allylic oxidation sites excluding steroid dienone is 1. The highest BCUT2D eigenvalue weighted by Crippen LogP contribution is 2.19. The maximum atomic E-state index is 12.3. The predicted molar refractivity (Wildman–Crippen MR) is 104 cm³/mol. The van der Waals surface area contributed by atoms with Crippen molar-refractivity contribution in [1.29, 1.82) is 0 Å². The van der Waals surface area contributed by atoms with Crippen molar-refractivity contribution in [1.82, 2.24) is 15.3 Å². The number of carbonyl (C=O) groups excluding carboxylic acids is 1. The van der Waals surface area contributed by atoms with E-state index >= 15 is 0 Å². The lowest BCUT2D eigenvalue weighted by molar-refractivity contribution is 0.0949. The fourth-order valence-corrected chi connectivity index (χ4v) is 3.11. The normalized spacial score (nSPS) is 13.8. The molecule has 1 aromatic heterocycles. The van der Waals surface area contributed by atoms with Gasteiger partial charge in [-0.05, 0) is 56.2 Å². The predicted octanol–water partition coefficient (Wildman–Crippen LogP) is 4.02. The minimum Gasteiger partial charge on any atom is -0.350 e. The van der Waals surface area contributed by atoms with E-state index in [-0.39, 0.29) is 5.91 Å². The lowest BCUT2D eigenvalue weighted by atomic mass is 9.97. The number of hydrogen-bond acceptors (Lipinski definition) is 4. The molecule has 2 aromatic rings. The van der Waals surface area contributed by atoms with Crippen LogP contribution in [0.1, 0.15) is 53.7 Å². The molecule has 0 spiro atoms. The zero-order valence-electron chi connectivity index (χ0n) is 15.3. The summed E-state index contributed by atoms with van der Waals surface area (Å²) in [4.78, 5) is 20.9. The van der Waals surface area contributed by atoms with Gasteiger partial charge in [0.25, 0.3) is 5.91 Å². The first-order chi connectivity index (χ1) is 12.7. The standard InChI is InChI=1S/C21H26N4O/c1-16-7-5-6-10-18(16)15-24-21-23-14-12-19(25-21)20(26)22-13-11-17-8-3-2-4-9-17/h5-8,10,12,14H,2-4,9,11,13,15H2,1H3,(H,22,26)(H,23,24,25). The second-order valence-electron chi connectivity index (χ2n) is 6.66. The minimum absolute atomic E-state index is 0.150. The number of aryl methyl sites for hydroxylation is 1. The van der Waals surface area contributed by atoms with E-state index < -0.39 is 0 Å². The molecule has 1 aliphatic carbocycles. The molecule has 1 amide bonds. The third-order valence-electron chi connectivity index (χ3n) is 4.70. The van der Waals surface area contributed by atoms with Crippen LogP contribution >= 0.6 is 0 Å². The van der Waals surface area contributed by atoms with Gasteiger partial charge in [0.05, 0.1) is 0 Å². The third kappa shape index (κ3) is 5.15. The molecule has 0 fully saturated rings. The summed E-state index contributed by atoms with van der Waals surface area (Å²) in [5.41, 5.74) is 4.25. The highest BCUT2D eigenvalue weighted by atomic mass is 16.1. The second kappa shape index (κ2) is 9.13. The zero-order chi connectivity index (χ0) is 18.2. The first-order valence-electron chi connectivity index (χ1n) is 9.30. The maximum Gasteiger partial charge on any atom is 0.270 e. The van der Waals surface area contributed by atoms with Crippen LogP contribution in [0, 0.1) is 6.92 Å². The summed E-state index contributed by atoms with van der Waals surface area (Å²) in [6.07, 6.45) is 9.74. The highest BCUT2D eigenvalue weighted by Gasteiger charge is 2.10. The van der Waals surface area contributed by atoms with Crippen LogP contribution in [-0.4, -0.2) is 22.4 Å². The number of amides is 1. The van der Waals surface area contributed by atoms with Crippen LogP contribution in [0.5, 0.6) is 0 Å².